The summed E-state index contributed by atoms with van der Waals surface area (Å²) < 4.78 is 0. The van der Waals surface area contributed by atoms with Gasteiger partial charge in [0.25, 0.3) is 0 Å². The van der Waals surface area contributed by atoms with Gasteiger partial charge in [-0.05, 0) is 39.2 Å². The van der Waals surface area contributed by atoms with Crippen LogP contribution in [0.1, 0.15) is 13.0 Å². The van der Waals surface area contributed by atoms with Gasteiger partial charge in [0.15, 0.2) is 0 Å². The summed E-state index contributed by atoms with van der Waals surface area (Å²) in [5.74, 6) is 0. The van der Waals surface area contributed by atoms with Crippen molar-refractivity contribution in [3.8, 4) is 0 Å². The topological polar surface area (TPSA) is 0 Å². The fraction of sp³-hybridized carbons (Fsp3) is 0.100. The molecule has 0 fully saturated rings. The molecular formula is C20H18. The van der Waals surface area contributed by atoms with E-state index in [1.807, 2.05) is 0 Å². The van der Waals surface area contributed by atoms with E-state index in [1.54, 1.807) is 0 Å². The molecule has 0 amide bonds. The first-order chi connectivity index (χ1) is 9.33. The summed E-state index contributed by atoms with van der Waals surface area (Å²) >= 11 is 0. The summed E-state index contributed by atoms with van der Waals surface area (Å²) in [5.41, 5.74) is 1.31. The molecule has 4 aromatic rings. The highest BCUT2D eigenvalue weighted by molar-refractivity contribution is 6.17. The normalized spacial score (nSPS) is 10.8. The summed E-state index contributed by atoms with van der Waals surface area (Å²) in [7, 11) is 0. The van der Waals surface area contributed by atoms with Crippen molar-refractivity contribution in [2.75, 3.05) is 0 Å². The average molecular weight is 258 g/mol. The SMILES string of the molecule is C.Cc1ccc2ccc3c4ccccc4ccc3c2c1. The van der Waals surface area contributed by atoms with Crippen molar-refractivity contribution in [2.24, 2.45) is 0 Å². The van der Waals surface area contributed by atoms with Crippen molar-refractivity contribution >= 4 is 32.3 Å². The van der Waals surface area contributed by atoms with Crippen molar-refractivity contribution in [1.82, 2.24) is 0 Å². The Morgan fingerprint density at radius 3 is 1.95 bits per heavy atom. The van der Waals surface area contributed by atoms with Crippen LogP contribution >= 0.6 is 0 Å². The molecule has 98 valence electrons. The second kappa shape index (κ2) is 4.64. The van der Waals surface area contributed by atoms with E-state index in [4.69, 9.17) is 0 Å². The lowest BCUT2D eigenvalue weighted by Crippen LogP contribution is -1.81. The third kappa shape index (κ3) is 1.77. The molecule has 4 rings (SSSR count). The van der Waals surface area contributed by atoms with E-state index in [0.717, 1.165) is 0 Å². The Bertz CT molecular complexity index is 917. The van der Waals surface area contributed by atoms with Gasteiger partial charge in [0.05, 0.1) is 0 Å². The summed E-state index contributed by atoms with van der Waals surface area (Å²) in [6, 6.07) is 24.2. The molecule has 0 aromatic heterocycles. The first-order valence-electron chi connectivity index (χ1n) is 6.64. The van der Waals surface area contributed by atoms with E-state index in [0.29, 0.717) is 0 Å². The van der Waals surface area contributed by atoms with E-state index >= 15 is 0 Å². The van der Waals surface area contributed by atoms with Crippen molar-refractivity contribution in [3.63, 3.8) is 0 Å². The number of benzene rings is 4. The minimum atomic E-state index is 0. The van der Waals surface area contributed by atoms with E-state index in [-0.39, 0.29) is 7.43 Å². The highest BCUT2D eigenvalue weighted by atomic mass is 14.1. The zero-order valence-electron chi connectivity index (χ0n) is 10.9. The molecular weight excluding hydrogens is 240 g/mol. The minimum Gasteiger partial charge on any atom is -0.0776 e. The lowest BCUT2D eigenvalue weighted by atomic mass is 9.96. The molecule has 0 nitrogen and oxygen atoms in total. The quantitative estimate of drug-likeness (QED) is 0.335. The monoisotopic (exact) mass is 258 g/mol. The Labute approximate surface area is 119 Å². The number of aryl methyl sites for hydroxylation is 1. The Morgan fingerprint density at radius 2 is 1.15 bits per heavy atom. The van der Waals surface area contributed by atoms with Gasteiger partial charge >= 0.3 is 0 Å². The Morgan fingerprint density at radius 1 is 0.550 bits per heavy atom. The largest absolute Gasteiger partial charge is 0.0776 e. The van der Waals surface area contributed by atoms with Gasteiger partial charge in [0.1, 0.15) is 0 Å². The first-order valence-corrected chi connectivity index (χ1v) is 6.64. The molecule has 0 heteroatoms. The molecule has 20 heavy (non-hydrogen) atoms. The van der Waals surface area contributed by atoms with Crippen LogP contribution in [0.5, 0.6) is 0 Å². The van der Waals surface area contributed by atoms with Crippen LogP contribution in [0.15, 0.2) is 66.7 Å². The van der Waals surface area contributed by atoms with Gasteiger partial charge in [0.2, 0.25) is 0 Å². The molecule has 0 aliphatic rings. The predicted octanol–water partition coefficient (Wildman–Crippen LogP) is 6.09. The van der Waals surface area contributed by atoms with Gasteiger partial charge in [-0.25, -0.2) is 0 Å². The first kappa shape index (κ1) is 12.7. The Balaban J connectivity index is 0.00000121. The molecule has 0 bridgehead atoms. The molecule has 0 saturated carbocycles. The summed E-state index contributed by atoms with van der Waals surface area (Å²) in [4.78, 5) is 0. The molecule has 4 aromatic carbocycles. The molecule has 0 atom stereocenters. The third-order valence-corrected chi connectivity index (χ3v) is 3.90. The van der Waals surface area contributed by atoms with Crippen LogP contribution < -0.4 is 0 Å². The summed E-state index contributed by atoms with van der Waals surface area (Å²) in [5, 5.41) is 8.00. The maximum absolute atomic E-state index is 2.28. The Hall–Kier alpha value is -2.34. The van der Waals surface area contributed by atoms with E-state index in [1.165, 1.54) is 37.9 Å². The fourth-order valence-corrected chi connectivity index (χ4v) is 2.93. The summed E-state index contributed by atoms with van der Waals surface area (Å²) in [6.45, 7) is 2.15. The van der Waals surface area contributed by atoms with E-state index in [9.17, 15) is 0 Å². The van der Waals surface area contributed by atoms with Crippen molar-refractivity contribution in [2.45, 2.75) is 14.4 Å². The van der Waals surface area contributed by atoms with Gasteiger partial charge in [-0.15, -0.1) is 0 Å². The fourth-order valence-electron chi connectivity index (χ4n) is 2.93. The standard InChI is InChI=1S/C19H14.CH4/c1-13-6-7-15-9-10-17-16-5-3-2-4-14(16)8-11-18(17)19(15)12-13;/h2-12H,1H3;1H4. The Kier molecular flexibility index (Phi) is 2.94. The summed E-state index contributed by atoms with van der Waals surface area (Å²) in [6.07, 6.45) is 0. The lowest BCUT2D eigenvalue weighted by molar-refractivity contribution is 1.51. The smallest absolute Gasteiger partial charge is 0.00989 e. The molecule has 0 aliphatic carbocycles. The van der Waals surface area contributed by atoms with Gasteiger partial charge in [0, 0.05) is 0 Å². The van der Waals surface area contributed by atoms with Crippen molar-refractivity contribution in [1.29, 1.82) is 0 Å². The number of hydrogen-bond acceptors (Lipinski definition) is 0. The maximum Gasteiger partial charge on any atom is -0.00989 e. The number of fused-ring (bicyclic) bond motifs is 5. The van der Waals surface area contributed by atoms with Crippen molar-refractivity contribution < 1.29 is 0 Å². The number of hydrogen-bond donors (Lipinski definition) is 0. The van der Waals surface area contributed by atoms with Crippen LogP contribution in [-0.4, -0.2) is 0 Å². The van der Waals surface area contributed by atoms with Crippen LogP contribution in [0.25, 0.3) is 32.3 Å². The molecule has 0 saturated heterocycles. The predicted molar refractivity (Wildman–Crippen MR) is 90.4 cm³/mol. The van der Waals surface area contributed by atoms with Crippen LogP contribution in [0, 0.1) is 6.92 Å². The van der Waals surface area contributed by atoms with Crippen LogP contribution in [0.2, 0.25) is 0 Å². The second-order valence-corrected chi connectivity index (χ2v) is 5.17. The van der Waals surface area contributed by atoms with Gasteiger partial charge < -0.3 is 0 Å². The molecule has 0 radical (unpaired) electrons. The highest BCUT2D eigenvalue weighted by Crippen LogP contribution is 2.31. The van der Waals surface area contributed by atoms with E-state index in [2.05, 4.69) is 73.7 Å². The van der Waals surface area contributed by atoms with Gasteiger partial charge in [-0.2, -0.15) is 0 Å². The molecule has 0 aliphatic heterocycles. The molecule has 0 N–H and O–H groups in total. The van der Waals surface area contributed by atoms with Gasteiger partial charge in [-0.1, -0.05) is 79.7 Å². The zero-order chi connectivity index (χ0) is 12.8. The van der Waals surface area contributed by atoms with Crippen LogP contribution in [0.4, 0.5) is 0 Å². The minimum absolute atomic E-state index is 0. The highest BCUT2D eigenvalue weighted by Gasteiger charge is 2.04. The lowest BCUT2D eigenvalue weighted by Gasteiger charge is -2.08. The molecule has 0 unspecified atom stereocenters. The van der Waals surface area contributed by atoms with Crippen molar-refractivity contribution in [3.05, 3.63) is 72.3 Å². The third-order valence-electron chi connectivity index (χ3n) is 3.90. The molecule has 0 heterocycles. The maximum atomic E-state index is 2.28. The van der Waals surface area contributed by atoms with Crippen LogP contribution in [0.3, 0.4) is 0 Å². The average Bonchev–Trinajstić information content (AvgIpc) is 2.46. The van der Waals surface area contributed by atoms with E-state index < -0.39 is 0 Å². The van der Waals surface area contributed by atoms with Crippen LogP contribution in [-0.2, 0) is 0 Å². The second-order valence-electron chi connectivity index (χ2n) is 5.17. The molecule has 0 spiro atoms. The van der Waals surface area contributed by atoms with Gasteiger partial charge in [-0.3, -0.25) is 0 Å². The number of rotatable bonds is 0. The zero-order valence-corrected chi connectivity index (χ0v) is 10.9.